The largest absolute Gasteiger partial charge is 0.370 e. The molecule has 4 nitrogen and oxygen atoms in total. The molecule has 1 aliphatic rings. The summed E-state index contributed by atoms with van der Waals surface area (Å²) in [6.07, 6.45) is 6.31. The van der Waals surface area contributed by atoms with Crippen LogP contribution in [0.15, 0.2) is 6.20 Å². The number of imidazole rings is 1. The fourth-order valence-corrected chi connectivity index (χ4v) is 1.75. The first-order chi connectivity index (χ1) is 6.90. The molecule has 3 N–H and O–H groups in total. The number of H-pyrrole nitrogens is 1. The molecule has 4 heteroatoms. The van der Waals surface area contributed by atoms with Gasteiger partial charge in [-0.05, 0) is 32.2 Å². The summed E-state index contributed by atoms with van der Waals surface area (Å²) in [5, 5.41) is 0. The Kier molecular flexibility index (Phi) is 3.16. The van der Waals surface area contributed by atoms with E-state index in [0.717, 1.165) is 44.7 Å². The predicted molar refractivity (Wildman–Crippen MR) is 53.9 cm³/mol. The summed E-state index contributed by atoms with van der Waals surface area (Å²) < 4.78 is 5.54. The monoisotopic (exact) mass is 195 g/mol. The van der Waals surface area contributed by atoms with Crippen molar-refractivity contribution < 1.29 is 4.74 Å². The second-order valence-electron chi connectivity index (χ2n) is 3.69. The van der Waals surface area contributed by atoms with E-state index >= 15 is 0 Å². The van der Waals surface area contributed by atoms with E-state index in [2.05, 4.69) is 9.97 Å². The molecule has 0 saturated carbocycles. The van der Waals surface area contributed by atoms with Crippen molar-refractivity contribution >= 4 is 0 Å². The highest BCUT2D eigenvalue weighted by Gasteiger charge is 2.20. The summed E-state index contributed by atoms with van der Waals surface area (Å²) >= 11 is 0. The first-order valence-electron chi connectivity index (χ1n) is 5.25. The van der Waals surface area contributed by atoms with Gasteiger partial charge in [0.25, 0.3) is 0 Å². The number of nitrogens with two attached hydrogens (primary N) is 1. The normalized spacial score (nSPS) is 21.6. The molecular formula is C10H17N3O. The van der Waals surface area contributed by atoms with Gasteiger partial charge in [-0.2, -0.15) is 0 Å². The zero-order valence-corrected chi connectivity index (χ0v) is 8.33. The van der Waals surface area contributed by atoms with Gasteiger partial charge in [0.05, 0.1) is 0 Å². The lowest BCUT2D eigenvalue weighted by molar-refractivity contribution is 0.105. The molecule has 1 fully saturated rings. The molecule has 0 aliphatic carbocycles. The first kappa shape index (κ1) is 9.68. The second-order valence-corrected chi connectivity index (χ2v) is 3.69. The van der Waals surface area contributed by atoms with Gasteiger partial charge in [-0.25, -0.2) is 4.98 Å². The Morgan fingerprint density at radius 2 is 2.57 bits per heavy atom. The molecule has 0 amide bonds. The predicted octanol–water partition coefficient (Wildman–Crippen LogP) is 1.15. The number of aromatic amines is 1. The van der Waals surface area contributed by atoms with Gasteiger partial charge in [0.2, 0.25) is 0 Å². The summed E-state index contributed by atoms with van der Waals surface area (Å²) in [5.41, 5.74) is 6.61. The zero-order chi connectivity index (χ0) is 9.80. The van der Waals surface area contributed by atoms with Gasteiger partial charge in [0.1, 0.15) is 11.9 Å². The van der Waals surface area contributed by atoms with Gasteiger partial charge in [0, 0.05) is 18.5 Å². The van der Waals surface area contributed by atoms with Crippen molar-refractivity contribution in [2.75, 3.05) is 13.2 Å². The summed E-state index contributed by atoms with van der Waals surface area (Å²) in [4.78, 5) is 7.63. The quantitative estimate of drug-likeness (QED) is 0.757. The van der Waals surface area contributed by atoms with E-state index in [1.54, 1.807) is 0 Å². The number of ether oxygens (including phenoxy) is 1. The average Bonchev–Trinajstić information content (AvgIpc) is 2.85. The van der Waals surface area contributed by atoms with Gasteiger partial charge in [-0.15, -0.1) is 0 Å². The fourth-order valence-electron chi connectivity index (χ4n) is 1.75. The Bertz CT molecular complexity index is 279. The molecule has 0 bridgehead atoms. The number of hydrogen-bond acceptors (Lipinski definition) is 3. The van der Waals surface area contributed by atoms with Crippen molar-refractivity contribution in [3.05, 3.63) is 17.7 Å². The van der Waals surface area contributed by atoms with Crippen LogP contribution in [-0.4, -0.2) is 23.1 Å². The molecule has 2 heterocycles. The van der Waals surface area contributed by atoms with Crippen LogP contribution >= 0.6 is 0 Å². The summed E-state index contributed by atoms with van der Waals surface area (Å²) in [5.74, 6) is 0.981. The topological polar surface area (TPSA) is 63.9 Å². The van der Waals surface area contributed by atoms with Crippen LogP contribution in [0.5, 0.6) is 0 Å². The fraction of sp³-hybridized carbons (Fsp3) is 0.700. The molecule has 1 atom stereocenters. The molecule has 14 heavy (non-hydrogen) atoms. The van der Waals surface area contributed by atoms with E-state index in [9.17, 15) is 0 Å². The van der Waals surface area contributed by atoms with E-state index < -0.39 is 0 Å². The minimum atomic E-state index is 0.196. The maximum Gasteiger partial charge on any atom is 0.135 e. The summed E-state index contributed by atoms with van der Waals surface area (Å²) in [6.45, 7) is 1.60. The van der Waals surface area contributed by atoms with Crippen LogP contribution in [0.2, 0.25) is 0 Å². The number of nitrogens with one attached hydrogen (secondary N) is 1. The Balaban J connectivity index is 1.94. The highest BCUT2D eigenvalue weighted by Crippen LogP contribution is 2.26. The minimum Gasteiger partial charge on any atom is -0.370 e. The molecule has 0 radical (unpaired) electrons. The van der Waals surface area contributed by atoms with Crippen molar-refractivity contribution in [1.29, 1.82) is 0 Å². The van der Waals surface area contributed by atoms with Crippen LogP contribution in [0, 0.1) is 0 Å². The average molecular weight is 195 g/mol. The number of nitrogens with zero attached hydrogens (tertiary/aromatic N) is 1. The van der Waals surface area contributed by atoms with E-state index in [1.165, 1.54) is 5.69 Å². The van der Waals surface area contributed by atoms with Crippen molar-refractivity contribution in [3.8, 4) is 0 Å². The van der Waals surface area contributed by atoms with E-state index in [4.69, 9.17) is 10.5 Å². The number of aryl methyl sites for hydroxylation is 1. The first-order valence-corrected chi connectivity index (χ1v) is 5.25. The molecule has 2 rings (SSSR count). The van der Waals surface area contributed by atoms with Crippen molar-refractivity contribution in [3.63, 3.8) is 0 Å². The Labute approximate surface area is 83.9 Å². The lowest BCUT2D eigenvalue weighted by Crippen LogP contribution is -2.01. The maximum atomic E-state index is 5.54. The van der Waals surface area contributed by atoms with Crippen molar-refractivity contribution in [2.24, 2.45) is 5.73 Å². The van der Waals surface area contributed by atoms with Crippen LogP contribution in [0.1, 0.15) is 36.9 Å². The maximum absolute atomic E-state index is 5.54. The van der Waals surface area contributed by atoms with Gasteiger partial charge in [-0.1, -0.05) is 0 Å². The van der Waals surface area contributed by atoms with Gasteiger partial charge in [-0.3, -0.25) is 0 Å². The molecule has 1 aliphatic heterocycles. The van der Waals surface area contributed by atoms with Crippen molar-refractivity contribution in [2.45, 2.75) is 31.8 Å². The number of rotatable bonds is 4. The molecule has 0 spiro atoms. The molecule has 1 aromatic heterocycles. The number of aromatic nitrogens is 2. The smallest absolute Gasteiger partial charge is 0.135 e. The molecule has 0 aromatic carbocycles. The third-order valence-electron chi connectivity index (χ3n) is 2.53. The highest BCUT2D eigenvalue weighted by atomic mass is 16.5. The molecular weight excluding hydrogens is 178 g/mol. The summed E-state index contributed by atoms with van der Waals surface area (Å²) in [6, 6.07) is 0. The van der Waals surface area contributed by atoms with Crippen LogP contribution in [0.25, 0.3) is 0 Å². The van der Waals surface area contributed by atoms with Gasteiger partial charge in [0.15, 0.2) is 0 Å². The van der Waals surface area contributed by atoms with Crippen LogP contribution in [-0.2, 0) is 11.2 Å². The van der Waals surface area contributed by atoms with Crippen LogP contribution in [0.4, 0.5) is 0 Å². The molecule has 1 aromatic rings. The summed E-state index contributed by atoms with van der Waals surface area (Å²) in [7, 11) is 0. The van der Waals surface area contributed by atoms with Crippen LogP contribution in [0.3, 0.4) is 0 Å². The zero-order valence-electron chi connectivity index (χ0n) is 8.33. The molecule has 1 unspecified atom stereocenters. The minimum absolute atomic E-state index is 0.196. The van der Waals surface area contributed by atoms with Gasteiger partial charge >= 0.3 is 0 Å². The second kappa shape index (κ2) is 4.57. The van der Waals surface area contributed by atoms with E-state index in [0.29, 0.717) is 0 Å². The standard InChI is InChI=1S/C10H17N3O/c11-5-1-3-8-7-12-10(13-8)9-4-2-6-14-9/h7,9H,1-6,11H2,(H,12,13). The lowest BCUT2D eigenvalue weighted by Gasteiger charge is -2.04. The van der Waals surface area contributed by atoms with Gasteiger partial charge < -0.3 is 15.5 Å². The number of hydrogen-bond donors (Lipinski definition) is 2. The Morgan fingerprint density at radius 3 is 3.29 bits per heavy atom. The van der Waals surface area contributed by atoms with E-state index in [-0.39, 0.29) is 6.10 Å². The molecule has 78 valence electrons. The Morgan fingerprint density at radius 1 is 1.64 bits per heavy atom. The molecule has 1 saturated heterocycles. The van der Waals surface area contributed by atoms with E-state index in [1.807, 2.05) is 6.20 Å². The third-order valence-corrected chi connectivity index (χ3v) is 2.53. The SMILES string of the molecule is NCCCc1cnc(C2CCCO2)[nH]1. The van der Waals surface area contributed by atoms with Crippen LogP contribution < -0.4 is 5.73 Å². The lowest BCUT2D eigenvalue weighted by atomic mass is 10.2. The highest BCUT2D eigenvalue weighted by molar-refractivity contribution is 5.04. The van der Waals surface area contributed by atoms with Crippen molar-refractivity contribution in [1.82, 2.24) is 9.97 Å². The third kappa shape index (κ3) is 2.13. The Hall–Kier alpha value is -0.870.